The average molecular weight is 325 g/mol. The molecular formula is C14H14BrFN2O. The van der Waals surface area contributed by atoms with Crippen molar-refractivity contribution in [3.63, 3.8) is 0 Å². The summed E-state index contributed by atoms with van der Waals surface area (Å²) in [6.07, 6.45) is 0.775. The van der Waals surface area contributed by atoms with Crippen LogP contribution in [0.2, 0.25) is 0 Å². The van der Waals surface area contributed by atoms with Crippen LogP contribution in [0.3, 0.4) is 0 Å². The maximum absolute atomic E-state index is 14.4. The third kappa shape index (κ3) is 1.92. The lowest BCUT2D eigenvalue weighted by molar-refractivity contribution is 0.110. The van der Waals surface area contributed by atoms with Crippen LogP contribution in [0.5, 0.6) is 0 Å². The molecule has 100 valence electrons. The summed E-state index contributed by atoms with van der Waals surface area (Å²) in [5.74, 6) is -0.272. The van der Waals surface area contributed by atoms with Gasteiger partial charge in [0.2, 0.25) is 0 Å². The monoisotopic (exact) mass is 324 g/mol. The SMILES string of the molecule is CNc1c2c(nc3c(C)cc(Br)c(F)c13)CCOC2. The van der Waals surface area contributed by atoms with Gasteiger partial charge in [0, 0.05) is 19.0 Å². The highest BCUT2D eigenvalue weighted by Crippen LogP contribution is 2.36. The Hall–Kier alpha value is -1.20. The van der Waals surface area contributed by atoms with Gasteiger partial charge in [-0.25, -0.2) is 4.39 Å². The quantitative estimate of drug-likeness (QED) is 0.870. The highest BCUT2D eigenvalue weighted by molar-refractivity contribution is 9.10. The number of ether oxygens (including phenoxy) is 1. The molecule has 0 saturated carbocycles. The number of anilines is 1. The summed E-state index contributed by atoms with van der Waals surface area (Å²) < 4.78 is 20.4. The minimum Gasteiger partial charge on any atom is -0.387 e. The first-order valence-corrected chi connectivity index (χ1v) is 6.98. The molecule has 3 nitrogen and oxygen atoms in total. The van der Waals surface area contributed by atoms with Gasteiger partial charge in [-0.05, 0) is 34.5 Å². The number of nitrogens with one attached hydrogen (secondary N) is 1. The van der Waals surface area contributed by atoms with Crippen LogP contribution in [0.15, 0.2) is 10.5 Å². The number of halogens is 2. The maximum atomic E-state index is 14.4. The van der Waals surface area contributed by atoms with E-state index < -0.39 is 0 Å². The van der Waals surface area contributed by atoms with Gasteiger partial charge in [-0.15, -0.1) is 0 Å². The number of aryl methyl sites for hydroxylation is 1. The van der Waals surface area contributed by atoms with Crippen LogP contribution in [0, 0.1) is 12.7 Å². The Kier molecular flexibility index (Phi) is 3.19. The Labute approximate surface area is 119 Å². The van der Waals surface area contributed by atoms with Crippen LogP contribution in [0.4, 0.5) is 10.1 Å². The smallest absolute Gasteiger partial charge is 0.148 e. The van der Waals surface area contributed by atoms with Crippen molar-refractivity contribution in [1.29, 1.82) is 0 Å². The topological polar surface area (TPSA) is 34.2 Å². The highest BCUT2D eigenvalue weighted by atomic mass is 79.9. The second-order valence-corrected chi connectivity index (χ2v) is 5.53. The molecule has 0 saturated heterocycles. The van der Waals surface area contributed by atoms with E-state index in [0.717, 1.165) is 34.4 Å². The molecule has 19 heavy (non-hydrogen) atoms. The lowest BCUT2D eigenvalue weighted by Crippen LogP contribution is -2.15. The largest absolute Gasteiger partial charge is 0.387 e. The average Bonchev–Trinajstić information content (AvgIpc) is 2.42. The minimum absolute atomic E-state index is 0.272. The summed E-state index contributed by atoms with van der Waals surface area (Å²) in [6, 6.07) is 1.77. The molecule has 0 radical (unpaired) electrons. The van der Waals surface area contributed by atoms with Gasteiger partial charge >= 0.3 is 0 Å². The molecular weight excluding hydrogens is 311 g/mol. The molecule has 1 aliphatic rings. The molecule has 2 heterocycles. The molecule has 0 amide bonds. The zero-order valence-electron chi connectivity index (χ0n) is 10.8. The van der Waals surface area contributed by atoms with Crippen molar-refractivity contribution >= 4 is 32.5 Å². The van der Waals surface area contributed by atoms with E-state index in [9.17, 15) is 4.39 Å². The van der Waals surface area contributed by atoms with E-state index in [2.05, 4.69) is 26.2 Å². The second-order valence-electron chi connectivity index (χ2n) is 4.68. The van der Waals surface area contributed by atoms with Crippen LogP contribution in [-0.4, -0.2) is 18.6 Å². The summed E-state index contributed by atoms with van der Waals surface area (Å²) in [5.41, 5.74) is 4.46. The zero-order valence-corrected chi connectivity index (χ0v) is 12.4. The van der Waals surface area contributed by atoms with E-state index in [0.29, 0.717) is 23.1 Å². The van der Waals surface area contributed by atoms with Gasteiger partial charge in [0.15, 0.2) is 0 Å². The molecule has 0 fully saturated rings. The van der Waals surface area contributed by atoms with Crippen molar-refractivity contribution in [2.75, 3.05) is 19.0 Å². The van der Waals surface area contributed by atoms with Gasteiger partial charge in [-0.1, -0.05) is 0 Å². The third-order valence-electron chi connectivity index (χ3n) is 3.51. The van der Waals surface area contributed by atoms with Crippen molar-refractivity contribution in [3.8, 4) is 0 Å². The van der Waals surface area contributed by atoms with Crippen LogP contribution >= 0.6 is 15.9 Å². The van der Waals surface area contributed by atoms with Crippen LogP contribution < -0.4 is 5.32 Å². The van der Waals surface area contributed by atoms with Crippen LogP contribution in [0.1, 0.15) is 16.8 Å². The Balaban J connectivity index is 2.47. The van der Waals surface area contributed by atoms with Gasteiger partial charge in [0.05, 0.1) is 40.0 Å². The fourth-order valence-electron chi connectivity index (χ4n) is 2.59. The second kappa shape index (κ2) is 4.72. The molecule has 1 aliphatic heterocycles. The Morgan fingerprint density at radius 1 is 1.47 bits per heavy atom. The number of hydrogen-bond donors (Lipinski definition) is 1. The lowest BCUT2D eigenvalue weighted by Gasteiger charge is -2.22. The van der Waals surface area contributed by atoms with E-state index >= 15 is 0 Å². The minimum atomic E-state index is -0.272. The molecule has 1 aromatic heterocycles. The predicted molar refractivity (Wildman–Crippen MR) is 77.0 cm³/mol. The molecule has 0 spiro atoms. The summed E-state index contributed by atoms with van der Waals surface area (Å²) in [5, 5.41) is 3.65. The summed E-state index contributed by atoms with van der Waals surface area (Å²) in [7, 11) is 1.80. The van der Waals surface area contributed by atoms with E-state index in [1.54, 1.807) is 13.1 Å². The standard InChI is InChI=1S/C14H14BrFN2O/c1-7-5-9(15)12(16)11-13(7)18-10-3-4-19-6-8(10)14(11)17-2/h5H,3-4,6H2,1-2H3,(H,17,18). The number of fused-ring (bicyclic) bond motifs is 2. The van der Waals surface area contributed by atoms with E-state index in [1.165, 1.54) is 0 Å². The molecule has 0 bridgehead atoms. The number of aromatic nitrogens is 1. The van der Waals surface area contributed by atoms with Gasteiger partial charge in [0.25, 0.3) is 0 Å². The lowest BCUT2D eigenvalue weighted by atomic mass is 10.0. The third-order valence-corrected chi connectivity index (χ3v) is 4.09. The molecule has 0 atom stereocenters. The van der Waals surface area contributed by atoms with Gasteiger partial charge < -0.3 is 10.1 Å². The number of pyridine rings is 1. The van der Waals surface area contributed by atoms with Crippen molar-refractivity contribution in [1.82, 2.24) is 4.98 Å². The maximum Gasteiger partial charge on any atom is 0.148 e. The van der Waals surface area contributed by atoms with E-state index in [4.69, 9.17) is 4.74 Å². The first-order chi connectivity index (χ1) is 9.13. The van der Waals surface area contributed by atoms with Gasteiger partial charge in [-0.3, -0.25) is 4.98 Å². The van der Waals surface area contributed by atoms with E-state index in [1.807, 2.05) is 6.92 Å². The summed E-state index contributed by atoms with van der Waals surface area (Å²) in [4.78, 5) is 4.64. The van der Waals surface area contributed by atoms with Crippen molar-refractivity contribution in [3.05, 3.63) is 33.2 Å². The zero-order chi connectivity index (χ0) is 13.6. The fraction of sp³-hybridized carbons (Fsp3) is 0.357. The first kappa shape index (κ1) is 12.8. The van der Waals surface area contributed by atoms with Crippen molar-refractivity contribution < 1.29 is 9.13 Å². The first-order valence-electron chi connectivity index (χ1n) is 6.19. The summed E-state index contributed by atoms with van der Waals surface area (Å²) in [6.45, 7) is 3.11. The van der Waals surface area contributed by atoms with E-state index in [-0.39, 0.29) is 5.82 Å². The molecule has 0 aliphatic carbocycles. The molecule has 0 unspecified atom stereocenters. The fourth-order valence-corrected chi connectivity index (χ4v) is 3.14. The molecule has 1 N–H and O–H groups in total. The normalized spacial score (nSPS) is 14.5. The number of benzene rings is 1. The van der Waals surface area contributed by atoms with Crippen LogP contribution in [-0.2, 0) is 17.8 Å². The van der Waals surface area contributed by atoms with Gasteiger partial charge in [-0.2, -0.15) is 0 Å². The van der Waals surface area contributed by atoms with Crippen molar-refractivity contribution in [2.24, 2.45) is 0 Å². The highest BCUT2D eigenvalue weighted by Gasteiger charge is 2.22. The Bertz CT molecular complexity index is 673. The molecule has 1 aromatic carbocycles. The molecule has 3 rings (SSSR count). The summed E-state index contributed by atoms with van der Waals surface area (Å²) >= 11 is 3.26. The number of hydrogen-bond acceptors (Lipinski definition) is 3. The van der Waals surface area contributed by atoms with Gasteiger partial charge in [0.1, 0.15) is 5.82 Å². The number of rotatable bonds is 1. The Morgan fingerprint density at radius 2 is 2.26 bits per heavy atom. The number of nitrogens with zero attached hydrogens (tertiary/aromatic N) is 1. The molecule has 5 heteroatoms. The molecule has 2 aromatic rings. The Morgan fingerprint density at radius 3 is 3.00 bits per heavy atom. The predicted octanol–water partition coefficient (Wildman–Crippen LogP) is 3.56. The van der Waals surface area contributed by atoms with Crippen molar-refractivity contribution in [2.45, 2.75) is 20.0 Å². The van der Waals surface area contributed by atoms with Crippen LogP contribution in [0.25, 0.3) is 10.9 Å².